The molecular weight excluding hydrogens is 210 g/mol. The molecule has 3 nitrogen and oxygen atoms in total. The summed E-state index contributed by atoms with van der Waals surface area (Å²) in [4.78, 5) is 0. The van der Waals surface area contributed by atoms with Crippen molar-refractivity contribution in [1.29, 1.82) is 0 Å². The SMILES string of the molecule is CCC1C[N+](C)(CC)CC1CS(C)(=O)=O. The zero-order valence-electron chi connectivity index (χ0n) is 10.4. The zero-order chi connectivity index (χ0) is 11.7. The highest BCUT2D eigenvalue weighted by Crippen LogP contribution is 2.31. The van der Waals surface area contributed by atoms with Crippen molar-refractivity contribution in [1.82, 2.24) is 0 Å². The Morgan fingerprint density at radius 2 is 1.73 bits per heavy atom. The number of quaternary nitrogens is 1. The van der Waals surface area contributed by atoms with Gasteiger partial charge in [0.2, 0.25) is 0 Å². The maximum Gasteiger partial charge on any atom is 0.147 e. The van der Waals surface area contributed by atoms with Crippen LogP contribution in [0.1, 0.15) is 20.3 Å². The lowest BCUT2D eigenvalue weighted by Gasteiger charge is -2.28. The minimum atomic E-state index is -2.82. The van der Waals surface area contributed by atoms with E-state index in [2.05, 4.69) is 20.9 Å². The first kappa shape index (κ1) is 13.0. The van der Waals surface area contributed by atoms with E-state index >= 15 is 0 Å². The fourth-order valence-corrected chi connectivity index (χ4v) is 3.96. The third-order valence-electron chi connectivity index (χ3n) is 3.82. The molecule has 0 aliphatic carbocycles. The average Bonchev–Trinajstić information content (AvgIpc) is 2.41. The molecule has 90 valence electrons. The number of likely N-dealkylation sites (tertiary alicyclic amines) is 1. The summed E-state index contributed by atoms with van der Waals surface area (Å²) in [5, 5.41) is 0. The summed E-state index contributed by atoms with van der Waals surface area (Å²) < 4.78 is 23.7. The molecule has 1 saturated heterocycles. The van der Waals surface area contributed by atoms with Gasteiger partial charge >= 0.3 is 0 Å². The van der Waals surface area contributed by atoms with E-state index in [1.165, 1.54) is 6.26 Å². The highest BCUT2D eigenvalue weighted by Gasteiger charge is 2.41. The van der Waals surface area contributed by atoms with Crippen molar-refractivity contribution in [2.75, 3.05) is 38.7 Å². The second-order valence-corrected chi connectivity index (χ2v) is 7.51. The predicted octanol–water partition coefficient (Wildman–Crippen LogP) is 1.15. The molecule has 0 amide bonds. The molecule has 1 aliphatic rings. The van der Waals surface area contributed by atoms with Gasteiger partial charge < -0.3 is 4.48 Å². The monoisotopic (exact) mass is 234 g/mol. The Bertz CT molecular complexity index is 313. The van der Waals surface area contributed by atoms with Crippen molar-refractivity contribution < 1.29 is 12.9 Å². The number of rotatable bonds is 4. The number of hydrogen-bond donors (Lipinski definition) is 0. The topological polar surface area (TPSA) is 34.1 Å². The van der Waals surface area contributed by atoms with Crippen LogP contribution in [0.25, 0.3) is 0 Å². The lowest BCUT2D eigenvalue weighted by molar-refractivity contribution is -0.898. The van der Waals surface area contributed by atoms with Gasteiger partial charge in [-0.3, -0.25) is 0 Å². The van der Waals surface area contributed by atoms with Crippen molar-refractivity contribution in [2.24, 2.45) is 11.8 Å². The van der Waals surface area contributed by atoms with Crippen LogP contribution in [0.3, 0.4) is 0 Å². The standard InChI is InChI=1S/C11H24NO2S/c1-5-10-7-12(3,6-2)8-11(10)9-15(4,13)14/h10-11H,5-9H2,1-4H3/q+1. The quantitative estimate of drug-likeness (QED) is 0.684. The largest absolute Gasteiger partial charge is 0.326 e. The number of hydrogen-bond acceptors (Lipinski definition) is 2. The maximum absolute atomic E-state index is 11.3. The average molecular weight is 234 g/mol. The van der Waals surface area contributed by atoms with Gasteiger partial charge in [-0.1, -0.05) is 6.92 Å². The number of sulfone groups is 1. The fourth-order valence-electron chi connectivity index (χ4n) is 2.80. The Balaban J connectivity index is 2.73. The van der Waals surface area contributed by atoms with Crippen LogP contribution in [-0.4, -0.2) is 51.6 Å². The van der Waals surface area contributed by atoms with Gasteiger partial charge in [0.15, 0.2) is 0 Å². The van der Waals surface area contributed by atoms with Crippen LogP contribution >= 0.6 is 0 Å². The zero-order valence-corrected chi connectivity index (χ0v) is 11.2. The highest BCUT2D eigenvalue weighted by molar-refractivity contribution is 7.90. The van der Waals surface area contributed by atoms with Gasteiger partial charge in [0.25, 0.3) is 0 Å². The summed E-state index contributed by atoms with van der Waals surface area (Å²) >= 11 is 0. The van der Waals surface area contributed by atoms with E-state index in [1.54, 1.807) is 0 Å². The molecule has 0 aromatic rings. The van der Waals surface area contributed by atoms with Crippen molar-refractivity contribution in [3.63, 3.8) is 0 Å². The highest BCUT2D eigenvalue weighted by atomic mass is 32.2. The molecule has 4 heteroatoms. The van der Waals surface area contributed by atoms with E-state index in [0.717, 1.165) is 30.5 Å². The van der Waals surface area contributed by atoms with Gasteiger partial charge in [0.05, 0.1) is 32.4 Å². The fraction of sp³-hybridized carbons (Fsp3) is 1.00. The molecule has 1 fully saturated rings. The third-order valence-corrected chi connectivity index (χ3v) is 4.86. The molecule has 0 spiro atoms. The summed E-state index contributed by atoms with van der Waals surface area (Å²) in [7, 11) is -0.578. The molecule has 3 atom stereocenters. The molecule has 0 aromatic heterocycles. The first-order valence-electron chi connectivity index (χ1n) is 5.81. The predicted molar refractivity (Wildman–Crippen MR) is 63.4 cm³/mol. The second-order valence-electron chi connectivity index (χ2n) is 5.32. The van der Waals surface area contributed by atoms with Gasteiger partial charge in [-0.05, 0) is 13.3 Å². The Kier molecular flexibility index (Phi) is 3.82. The first-order chi connectivity index (χ1) is 6.79. The molecule has 15 heavy (non-hydrogen) atoms. The normalized spacial score (nSPS) is 37.1. The maximum atomic E-state index is 11.3. The van der Waals surface area contributed by atoms with Gasteiger partial charge in [0, 0.05) is 18.1 Å². The van der Waals surface area contributed by atoms with Crippen LogP contribution in [0.15, 0.2) is 0 Å². The first-order valence-corrected chi connectivity index (χ1v) is 7.87. The Morgan fingerprint density at radius 1 is 1.20 bits per heavy atom. The summed E-state index contributed by atoms with van der Waals surface area (Å²) in [5.41, 5.74) is 0. The van der Waals surface area contributed by atoms with Gasteiger partial charge in [-0.15, -0.1) is 0 Å². The van der Waals surface area contributed by atoms with Crippen molar-refractivity contribution >= 4 is 9.84 Å². The smallest absolute Gasteiger partial charge is 0.147 e. The second kappa shape index (κ2) is 4.42. The van der Waals surface area contributed by atoms with Gasteiger partial charge in [-0.2, -0.15) is 0 Å². The van der Waals surface area contributed by atoms with Crippen molar-refractivity contribution in [3.05, 3.63) is 0 Å². The molecule has 0 radical (unpaired) electrons. The molecule has 0 aromatic carbocycles. The summed E-state index contributed by atoms with van der Waals surface area (Å²) in [6.07, 6.45) is 2.46. The molecule has 1 heterocycles. The van der Waals surface area contributed by atoms with Crippen LogP contribution in [-0.2, 0) is 9.84 Å². The summed E-state index contributed by atoms with van der Waals surface area (Å²) in [5.74, 6) is 1.33. The van der Waals surface area contributed by atoms with Crippen LogP contribution in [0.4, 0.5) is 0 Å². The van der Waals surface area contributed by atoms with Crippen LogP contribution < -0.4 is 0 Å². The minimum Gasteiger partial charge on any atom is -0.326 e. The third kappa shape index (κ3) is 3.45. The number of nitrogens with zero attached hydrogens (tertiary/aromatic N) is 1. The summed E-state index contributed by atoms with van der Waals surface area (Å²) in [6.45, 7) is 7.65. The molecule has 1 aliphatic heterocycles. The molecular formula is C11H24NO2S+. The van der Waals surface area contributed by atoms with E-state index in [4.69, 9.17) is 0 Å². The van der Waals surface area contributed by atoms with E-state index in [-0.39, 0.29) is 0 Å². The lowest BCUT2D eigenvalue weighted by Crippen LogP contribution is -2.41. The Morgan fingerprint density at radius 3 is 2.13 bits per heavy atom. The van der Waals surface area contributed by atoms with Crippen molar-refractivity contribution in [3.8, 4) is 0 Å². The van der Waals surface area contributed by atoms with E-state index in [1.807, 2.05) is 0 Å². The summed E-state index contributed by atoms with van der Waals surface area (Å²) in [6, 6.07) is 0. The minimum absolute atomic E-state index is 0.370. The molecule has 0 N–H and O–H groups in total. The van der Waals surface area contributed by atoms with E-state index < -0.39 is 9.84 Å². The molecule has 3 unspecified atom stereocenters. The van der Waals surface area contributed by atoms with Gasteiger partial charge in [0.1, 0.15) is 9.84 Å². The lowest BCUT2D eigenvalue weighted by atomic mass is 9.96. The molecule has 1 rings (SSSR count). The van der Waals surface area contributed by atoms with Crippen LogP contribution in [0, 0.1) is 11.8 Å². The van der Waals surface area contributed by atoms with Crippen molar-refractivity contribution in [2.45, 2.75) is 20.3 Å². The Hall–Kier alpha value is -0.0900. The van der Waals surface area contributed by atoms with Crippen LogP contribution in [0.5, 0.6) is 0 Å². The van der Waals surface area contributed by atoms with E-state index in [9.17, 15) is 8.42 Å². The Labute approximate surface area is 94.0 Å². The van der Waals surface area contributed by atoms with Gasteiger partial charge in [-0.25, -0.2) is 8.42 Å². The molecule has 0 bridgehead atoms. The molecule has 0 saturated carbocycles. The van der Waals surface area contributed by atoms with Crippen LogP contribution in [0.2, 0.25) is 0 Å². The van der Waals surface area contributed by atoms with E-state index in [0.29, 0.717) is 17.6 Å².